The van der Waals surface area contributed by atoms with Crippen LogP contribution in [0.3, 0.4) is 0 Å². The van der Waals surface area contributed by atoms with Gasteiger partial charge in [0.25, 0.3) is 5.91 Å². The standard InChI is InChI=1S/C16H17ClN2O/c1-18-15-8-7-13(17)11-14(15)16(20)19-10-9-12-5-3-2-4-6-12/h2-8,11,18H,9-10H2,1H3,(H,19,20). The monoisotopic (exact) mass is 288 g/mol. The molecule has 0 radical (unpaired) electrons. The molecule has 0 unspecified atom stereocenters. The van der Waals surface area contributed by atoms with E-state index in [0.717, 1.165) is 12.1 Å². The molecule has 2 N–H and O–H groups in total. The Morgan fingerprint density at radius 2 is 1.90 bits per heavy atom. The molecule has 0 aromatic heterocycles. The van der Waals surface area contributed by atoms with E-state index >= 15 is 0 Å². The normalized spacial score (nSPS) is 10.1. The maximum absolute atomic E-state index is 12.2. The summed E-state index contributed by atoms with van der Waals surface area (Å²) in [6.45, 7) is 0.596. The summed E-state index contributed by atoms with van der Waals surface area (Å²) in [5.74, 6) is -0.118. The van der Waals surface area contributed by atoms with Crippen molar-refractivity contribution in [1.82, 2.24) is 5.32 Å². The lowest BCUT2D eigenvalue weighted by molar-refractivity contribution is 0.0955. The zero-order chi connectivity index (χ0) is 14.4. The molecule has 2 aromatic rings. The molecule has 2 aromatic carbocycles. The summed E-state index contributed by atoms with van der Waals surface area (Å²) in [5.41, 5.74) is 2.53. The third kappa shape index (κ3) is 3.75. The number of hydrogen-bond donors (Lipinski definition) is 2. The molecular weight excluding hydrogens is 272 g/mol. The SMILES string of the molecule is CNc1ccc(Cl)cc1C(=O)NCCc1ccccc1. The zero-order valence-corrected chi connectivity index (χ0v) is 12.1. The van der Waals surface area contributed by atoms with Crippen molar-refractivity contribution in [2.45, 2.75) is 6.42 Å². The highest BCUT2D eigenvalue weighted by atomic mass is 35.5. The molecule has 0 bridgehead atoms. The number of amides is 1. The molecule has 3 nitrogen and oxygen atoms in total. The van der Waals surface area contributed by atoms with Gasteiger partial charge in [-0.3, -0.25) is 4.79 Å². The highest BCUT2D eigenvalue weighted by Crippen LogP contribution is 2.20. The fraction of sp³-hybridized carbons (Fsp3) is 0.188. The average Bonchev–Trinajstić information content (AvgIpc) is 2.48. The van der Waals surface area contributed by atoms with Gasteiger partial charge in [0.15, 0.2) is 0 Å². The first-order chi connectivity index (χ1) is 9.70. The minimum atomic E-state index is -0.118. The molecule has 0 aliphatic carbocycles. The fourth-order valence-corrected chi connectivity index (χ4v) is 2.15. The van der Waals surface area contributed by atoms with Crippen molar-refractivity contribution in [2.75, 3.05) is 18.9 Å². The van der Waals surface area contributed by atoms with Crippen LogP contribution in [0, 0.1) is 0 Å². The van der Waals surface area contributed by atoms with Gasteiger partial charge in [-0.05, 0) is 30.2 Å². The van der Waals surface area contributed by atoms with Crippen LogP contribution in [0.25, 0.3) is 0 Å². The van der Waals surface area contributed by atoms with Crippen LogP contribution in [0.2, 0.25) is 5.02 Å². The van der Waals surface area contributed by atoms with E-state index in [1.165, 1.54) is 5.56 Å². The van der Waals surface area contributed by atoms with E-state index in [-0.39, 0.29) is 5.91 Å². The molecule has 0 spiro atoms. The Balaban J connectivity index is 1.97. The maximum Gasteiger partial charge on any atom is 0.253 e. The second kappa shape index (κ2) is 6.96. The van der Waals surface area contributed by atoms with E-state index in [1.807, 2.05) is 30.3 Å². The molecule has 0 fully saturated rings. The van der Waals surface area contributed by atoms with E-state index in [4.69, 9.17) is 11.6 Å². The van der Waals surface area contributed by atoms with Crippen LogP contribution in [0.4, 0.5) is 5.69 Å². The van der Waals surface area contributed by atoms with Crippen LogP contribution in [-0.2, 0) is 6.42 Å². The summed E-state index contributed by atoms with van der Waals surface area (Å²) >= 11 is 5.94. The topological polar surface area (TPSA) is 41.1 Å². The Morgan fingerprint density at radius 1 is 1.15 bits per heavy atom. The number of carbonyl (C=O) groups is 1. The Bertz CT molecular complexity index is 584. The summed E-state index contributed by atoms with van der Waals surface area (Å²) < 4.78 is 0. The molecule has 104 valence electrons. The largest absolute Gasteiger partial charge is 0.387 e. The van der Waals surface area contributed by atoms with Crippen LogP contribution in [-0.4, -0.2) is 19.5 Å². The van der Waals surface area contributed by atoms with Crippen molar-refractivity contribution >= 4 is 23.2 Å². The lowest BCUT2D eigenvalue weighted by Gasteiger charge is -2.10. The molecule has 0 atom stereocenters. The summed E-state index contributed by atoms with van der Waals surface area (Å²) in [6.07, 6.45) is 0.808. The number of halogens is 1. The number of anilines is 1. The molecule has 4 heteroatoms. The first-order valence-corrected chi connectivity index (χ1v) is 6.88. The first kappa shape index (κ1) is 14.4. The first-order valence-electron chi connectivity index (χ1n) is 6.50. The summed E-state index contributed by atoms with van der Waals surface area (Å²) in [5, 5.41) is 6.46. The minimum Gasteiger partial charge on any atom is -0.387 e. The zero-order valence-electron chi connectivity index (χ0n) is 11.3. The molecule has 2 rings (SSSR count). The Labute approximate surface area is 124 Å². The van der Waals surface area contributed by atoms with Crippen LogP contribution in [0.5, 0.6) is 0 Å². The van der Waals surface area contributed by atoms with Crippen molar-refractivity contribution in [2.24, 2.45) is 0 Å². The average molecular weight is 289 g/mol. The fourth-order valence-electron chi connectivity index (χ4n) is 1.98. The van der Waals surface area contributed by atoms with Crippen LogP contribution in [0.15, 0.2) is 48.5 Å². The number of benzene rings is 2. The highest BCUT2D eigenvalue weighted by Gasteiger charge is 2.10. The third-order valence-corrected chi connectivity index (χ3v) is 3.27. The molecular formula is C16H17ClN2O. The molecule has 0 saturated carbocycles. The molecule has 1 amide bonds. The van der Waals surface area contributed by atoms with Gasteiger partial charge in [-0.2, -0.15) is 0 Å². The number of nitrogens with one attached hydrogen (secondary N) is 2. The molecule has 20 heavy (non-hydrogen) atoms. The van der Waals surface area contributed by atoms with Crippen molar-refractivity contribution in [3.05, 3.63) is 64.7 Å². The summed E-state index contributed by atoms with van der Waals surface area (Å²) in [4.78, 5) is 12.2. The van der Waals surface area contributed by atoms with E-state index < -0.39 is 0 Å². The quantitative estimate of drug-likeness (QED) is 0.886. The van der Waals surface area contributed by atoms with Crippen molar-refractivity contribution in [3.63, 3.8) is 0 Å². The van der Waals surface area contributed by atoms with E-state index in [2.05, 4.69) is 10.6 Å². The minimum absolute atomic E-state index is 0.118. The Kier molecular flexibility index (Phi) is 5.02. The maximum atomic E-state index is 12.2. The second-order valence-corrected chi connectivity index (χ2v) is 4.87. The predicted molar refractivity (Wildman–Crippen MR) is 83.5 cm³/mol. The van der Waals surface area contributed by atoms with Crippen LogP contribution < -0.4 is 10.6 Å². The second-order valence-electron chi connectivity index (χ2n) is 4.43. The molecule has 0 heterocycles. The smallest absolute Gasteiger partial charge is 0.253 e. The van der Waals surface area contributed by atoms with Gasteiger partial charge in [0, 0.05) is 24.3 Å². The van der Waals surface area contributed by atoms with Crippen LogP contribution in [0.1, 0.15) is 15.9 Å². The van der Waals surface area contributed by atoms with Crippen molar-refractivity contribution < 1.29 is 4.79 Å². The van der Waals surface area contributed by atoms with Gasteiger partial charge in [0.2, 0.25) is 0 Å². The lowest BCUT2D eigenvalue weighted by atomic mass is 10.1. The van der Waals surface area contributed by atoms with E-state index in [0.29, 0.717) is 17.1 Å². The van der Waals surface area contributed by atoms with E-state index in [9.17, 15) is 4.79 Å². The molecule has 0 aliphatic rings. The molecule has 0 saturated heterocycles. The summed E-state index contributed by atoms with van der Waals surface area (Å²) in [7, 11) is 1.78. The van der Waals surface area contributed by atoms with Gasteiger partial charge < -0.3 is 10.6 Å². The van der Waals surface area contributed by atoms with Crippen LogP contribution >= 0.6 is 11.6 Å². The van der Waals surface area contributed by atoms with Gasteiger partial charge in [-0.15, -0.1) is 0 Å². The third-order valence-electron chi connectivity index (χ3n) is 3.04. The molecule has 0 aliphatic heterocycles. The predicted octanol–water partition coefficient (Wildman–Crippen LogP) is 3.35. The highest BCUT2D eigenvalue weighted by molar-refractivity contribution is 6.31. The Morgan fingerprint density at radius 3 is 2.60 bits per heavy atom. The lowest BCUT2D eigenvalue weighted by Crippen LogP contribution is -2.26. The summed E-state index contributed by atoms with van der Waals surface area (Å²) in [6, 6.07) is 15.3. The van der Waals surface area contributed by atoms with Gasteiger partial charge in [0.05, 0.1) is 5.56 Å². The number of hydrogen-bond acceptors (Lipinski definition) is 2. The number of carbonyl (C=O) groups excluding carboxylic acids is 1. The van der Waals surface area contributed by atoms with Gasteiger partial charge in [-0.25, -0.2) is 0 Å². The van der Waals surface area contributed by atoms with Crippen molar-refractivity contribution in [3.8, 4) is 0 Å². The Hall–Kier alpha value is -2.00. The van der Waals surface area contributed by atoms with E-state index in [1.54, 1.807) is 25.2 Å². The number of rotatable bonds is 5. The van der Waals surface area contributed by atoms with Gasteiger partial charge in [-0.1, -0.05) is 41.9 Å². The van der Waals surface area contributed by atoms with Crippen molar-refractivity contribution in [1.29, 1.82) is 0 Å². The van der Waals surface area contributed by atoms with Gasteiger partial charge in [0.1, 0.15) is 0 Å². The van der Waals surface area contributed by atoms with Gasteiger partial charge >= 0.3 is 0 Å².